The number of benzene rings is 1. The van der Waals surface area contributed by atoms with Gasteiger partial charge in [0.1, 0.15) is 11.9 Å². The molecule has 0 spiro atoms. The third kappa shape index (κ3) is 5.91. The van der Waals surface area contributed by atoms with Crippen molar-refractivity contribution in [1.82, 2.24) is 20.0 Å². The van der Waals surface area contributed by atoms with E-state index in [0.29, 0.717) is 25.3 Å². The molecular weight excluding hydrogens is 484 g/mol. The van der Waals surface area contributed by atoms with Crippen LogP contribution in [0, 0.1) is 5.82 Å². The molecule has 3 rings (SSSR count). The zero-order chi connectivity index (χ0) is 20.1. The molecule has 1 unspecified atom stereocenters. The first-order chi connectivity index (χ1) is 13.4. The summed E-state index contributed by atoms with van der Waals surface area (Å²) >= 11 is 0. The van der Waals surface area contributed by atoms with E-state index in [4.69, 9.17) is 9.73 Å². The van der Waals surface area contributed by atoms with Gasteiger partial charge in [0, 0.05) is 37.3 Å². The number of nitrogens with one attached hydrogen (secondary N) is 1. The summed E-state index contributed by atoms with van der Waals surface area (Å²) in [5, 5.41) is 7.62. The van der Waals surface area contributed by atoms with Crippen LogP contribution < -0.4 is 5.32 Å². The van der Waals surface area contributed by atoms with Crippen molar-refractivity contribution in [2.24, 2.45) is 12.0 Å². The number of aliphatic imine (C=N–C) groups is 1. The molecule has 0 radical (unpaired) electrons. The Morgan fingerprint density at radius 1 is 1.38 bits per heavy atom. The van der Waals surface area contributed by atoms with Crippen LogP contribution in [-0.4, -0.2) is 53.4 Å². The van der Waals surface area contributed by atoms with E-state index in [0.717, 1.165) is 24.6 Å². The van der Waals surface area contributed by atoms with Gasteiger partial charge in [-0.05, 0) is 18.6 Å². The molecule has 1 aromatic carbocycles. The van der Waals surface area contributed by atoms with E-state index in [1.165, 1.54) is 6.07 Å². The van der Waals surface area contributed by atoms with Crippen molar-refractivity contribution < 1.29 is 9.13 Å². The second-order valence-corrected chi connectivity index (χ2v) is 7.79. The topological polar surface area (TPSA) is 54.7 Å². The minimum Gasteiger partial charge on any atom is -0.370 e. The van der Waals surface area contributed by atoms with Gasteiger partial charge >= 0.3 is 0 Å². The number of halogens is 2. The normalized spacial score (nSPS) is 17.8. The smallest absolute Gasteiger partial charge is 0.194 e. The van der Waals surface area contributed by atoms with E-state index in [2.05, 4.69) is 22.2 Å². The molecule has 0 amide bonds. The molecule has 1 saturated heterocycles. The Morgan fingerprint density at radius 3 is 2.79 bits per heavy atom. The van der Waals surface area contributed by atoms with Crippen molar-refractivity contribution >= 4 is 29.9 Å². The summed E-state index contributed by atoms with van der Waals surface area (Å²) in [6.07, 6.45) is 3.80. The van der Waals surface area contributed by atoms with Gasteiger partial charge in [-0.25, -0.2) is 4.39 Å². The highest BCUT2D eigenvalue weighted by Gasteiger charge is 2.27. The Bertz CT molecular complexity index is 823. The number of morpholine rings is 1. The summed E-state index contributed by atoms with van der Waals surface area (Å²) in [6.45, 7) is 9.46. The summed E-state index contributed by atoms with van der Waals surface area (Å²) in [5.41, 5.74) is 1.35. The van der Waals surface area contributed by atoms with Crippen LogP contribution in [0.15, 0.2) is 41.7 Å². The minimum atomic E-state index is -0.402. The summed E-state index contributed by atoms with van der Waals surface area (Å²) in [6, 6.07) is 6.93. The lowest BCUT2D eigenvalue weighted by molar-refractivity contribution is -0.00806. The van der Waals surface area contributed by atoms with Crippen LogP contribution in [0.4, 0.5) is 4.39 Å². The summed E-state index contributed by atoms with van der Waals surface area (Å²) in [4.78, 5) is 7.06. The monoisotopic (exact) mass is 515 g/mol. The summed E-state index contributed by atoms with van der Waals surface area (Å²) < 4.78 is 22.0. The average Bonchev–Trinajstić information content (AvgIpc) is 3.12. The average molecular weight is 515 g/mol. The fourth-order valence-electron chi connectivity index (χ4n) is 3.44. The first-order valence-electron chi connectivity index (χ1n) is 9.79. The number of rotatable bonds is 5. The van der Waals surface area contributed by atoms with Gasteiger partial charge in [0.15, 0.2) is 5.96 Å². The number of aryl methyl sites for hydroxylation is 1. The van der Waals surface area contributed by atoms with E-state index in [1.807, 2.05) is 45.4 Å². The largest absolute Gasteiger partial charge is 0.370 e. The zero-order valence-electron chi connectivity index (χ0n) is 17.6. The first-order valence-corrected chi connectivity index (χ1v) is 9.79. The van der Waals surface area contributed by atoms with Crippen molar-refractivity contribution in [3.05, 3.63) is 53.6 Å². The third-order valence-corrected chi connectivity index (χ3v) is 5.02. The van der Waals surface area contributed by atoms with E-state index in [9.17, 15) is 4.39 Å². The van der Waals surface area contributed by atoms with Crippen molar-refractivity contribution in [3.8, 4) is 0 Å². The summed E-state index contributed by atoms with van der Waals surface area (Å²) in [7, 11) is 1.90. The molecule has 1 fully saturated rings. The molecule has 29 heavy (non-hydrogen) atoms. The number of aromatic nitrogens is 2. The molecule has 2 heterocycles. The van der Waals surface area contributed by atoms with Gasteiger partial charge in [0.25, 0.3) is 0 Å². The number of nitrogens with zero attached hydrogens (tertiary/aromatic N) is 4. The fourth-order valence-corrected chi connectivity index (χ4v) is 3.44. The van der Waals surface area contributed by atoms with E-state index >= 15 is 0 Å². The van der Waals surface area contributed by atoms with Crippen molar-refractivity contribution in [3.63, 3.8) is 0 Å². The number of guanidine groups is 1. The predicted molar refractivity (Wildman–Crippen MR) is 124 cm³/mol. The Morgan fingerprint density at radius 2 is 2.14 bits per heavy atom. The second kappa shape index (κ2) is 10.4. The Kier molecular flexibility index (Phi) is 8.45. The van der Waals surface area contributed by atoms with E-state index in [1.54, 1.807) is 10.7 Å². The first kappa shape index (κ1) is 23.6. The Hall–Kier alpha value is -1.68. The molecule has 1 aliphatic heterocycles. The highest BCUT2D eigenvalue weighted by atomic mass is 127. The zero-order valence-corrected chi connectivity index (χ0v) is 19.9. The Balaban J connectivity index is 0.00000300. The fraction of sp³-hybridized carbons (Fsp3) is 0.524. The van der Waals surface area contributed by atoms with Crippen LogP contribution >= 0.6 is 24.0 Å². The summed E-state index contributed by atoms with van der Waals surface area (Å²) in [5.74, 6) is 0.653. The molecular formula is C21H31FIN5O. The van der Waals surface area contributed by atoms with Crippen molar-refractivity contribution in [2.45, 2.75) is 32.3 Å². The molecule has 2 aromatic rings. The maximum Gasteiger partial charge on any atom is 0.194 e. The van der Waals surface area contributed by atoms with Gasteiger partial charge in [-0.3, -0.25) is 9.67 Å². The molecule has 1 atom stereocenters. The number of hydrogen-bond acceptors (Lipinski definition) is 3. The molecule has 0 bridgehead atoms. The van der Waals surface area contributed by atoms with Crippen LogP contribution in [0.3, 0.4) is 0 Å². The molecule has 160 valence electrons. The maximum atomic E-state index is 14.3. The maximum absolute atomic E-state index is 14.3. The van der Waals surface area contributed by atoms with Crippen LogP contribution in [0.5, 0.6) is 0 Å². The molecule has 1 aliphatic rings. The third-order valence-electron chi connectivity index (χ3n) is 5.02. The minimum absolute atomic E-state index is 0. The Labute approximate surface area is 189 Å². The molecule has 0 saturated carbocycles. The lowest BCUT2D eigenvalue weighted by atomic mass is 9.84. The number of ether oxygens (including phenoxy) is 1. The van der Waals surface area contributed by atoms with Crippen LogP contribution in [0.2, 0.25) is 0 Å². The van der Waals surface area contributed by atoms with Gasteiger partial charge < -0.3 is 15.0 Å². The van der Waals surface area contributed by atoms with E-state index < -0.39 is 5.41 Å². The molecule has 1 aromatic heterocycles. The van der Waals surface area contributed by atoms with Gasteiger partial charge in [-0.15, -0.1) is 24.0 Å². The highest BCUT2D eigenvalue weighted by Crippen LogP contribution is 2.26. The second-order valence-electron chi connectivity index (χ2n) is 7.79. The quantitative estimate of drug-likeness (QED) is 0.377. The van der Waals surface area contributed by atoms with Crippen LogP contribution in [0.25, 0.3) is 0 Å². The predicted octanol–water partition coefficient (Wildman–Crippen LogP) is 3.49. The standard InChI is InChI=1S/C21H30FN5O.HI/c1-5-23-20(24-15-21(2,3)17-8-6-7-9-18(17)22)27-10-11-28-19(14-27)16-12-25-26(4)13-16;/h6-9,12-13,19H,5,10-11,14-15H2,1-4H3,(H,23,24);1H. The molecule has 6 nitrogen and oxygen atoms in total. The number of hydrogen-bond donors (Lipinski definition) is 1. The van der Waals surface area contributed by atoms with Crippen molar-refractivity contribution in [2.75, 3.05) is 32.8 Å². The van der Waals surface area contributed by atoms with Gasteiger partial charge in [0.05, 0.1) is 25.9 Å². The van der Waals surface area contributed by atoms with Gasteiger partial charge in [0.2, 0.25) is 0 Å². The van der Waals surface area contributed by atoms with Gasteiger partial charge in [-0.2, -0.15) is 5.10 Å². The molecule has 1 N–H and O–H groups in total. The SMILES string of the molecule is CCNC(=NCC(C)(C)c1ccccc1F)N1CCOC(c2cnn(C)c2)C1.I. The van der Waals surface area contributed by atoms with Crippen LogP contribution in [-0.2, 0) is 17.2 Å². The van der Waals surface area contributed by atoms with Crippen molar-refractivity contribution in [1.29, 1.82) is 0 Å². The molecule has 8 heteroatoms. The lowest BCUT2D eigenvalue weighted by Gasteiger charge is -2.35. The van der Waals surface area contributed by atoms with Crippen LogP contribution in [0.1, 0.15) is 38.0 Å². The molecule has 0 aliphatic carbocycles. The lowest BCUT2D eigenvalue weighted by Crippen LogP contribution is -2.48. The van der Waals surface area contributed by atoms with Gasteiger partial charge in [-0.1, -0.05) is 32.0 Å². The van der Waals surface area contributed by atoms with E-state index in [-0.39, 0.29) is 35.9 Å². The highest BCUT2D eigenvalue weighted by molar-refractivity contribution is 14.0.